The summed E-state index contributed by atoms with van der Waals surface area (Å²) in [6.07, 6.45) is 0.636. The van der Waals surface area contributed by atoms with Gasteiger partial charge in [-0.15, -0.1) is 0 Å². The lowest BCUT2D eigenvalue weighted by Gasteiger charge is -2.35. The van der Waals surface area contributed by atoms with Crippen molar-refractivity contribution in [2.24, 2.45) is 5.73 Å². The fourth-order valence-corrected chi connectivity index (χ4v) is 2.52. The highest BCUT2D eigenvalue weighted by molar-refractivity contribution is 5.36. The molecule has 0 bridgehead atoms. The molecule has 0 spiro atoms. The molecule has 2 N–H and O–H groups in total. The van der Waals surface area contributed by atoms with Gasteiger partial charge in [-0.05, 0) is 31.5 Å². The number of nitrogens with two attached hydrogens (primary N) is 1. The van der Waals surface area contributed by atoms with Crippen LogP contribution >= 0.6 is 0 Å². The monoisotopic (exact) mass is 258 g/mol. The number of nitrogens with zero attached hydrogens (tertiary/aromatic N) is 1. The SMILES string of the molecule is C[C@@H]1CN(Cc2ccc(C#CCN)cc2)C[C@H](C)O1. The van der Waals surface area contributed by atoms with Crippen molar-refractivity contribution >= 4 is 0 Å². The lowest BCUT2D eigenvalue weighted by atomic mass is 10.1. The highest BCUT2D eigenvalue weighted by Gasteiger charge is 2.21. The van der Waals surface area contributed by atoms with Crippen molar-refractivity contribution in [3.8, 4) is 11.8 Å². The lowest BCUT2D eigenvalue weighted by molar-refractivity contribution is -0.0704. The molecule has 3 nitrogen and oxygen atoms in total. The zero-order valence-corrected chi connectivity index (χ0v) is 11.7. The van der Waals surface area contributed by atoms with Gasteiger partial charge in [-0.25, -0.2) is 0 Å². The average Bonchev–Trinajstić information content (AvgIpc) is 2.37. The van der Waals surface area contributed by atoms with Gasteiger partial charge in [-0.1, -0.05) is 24.0 Å². The summed E-state index contributed by atoms with van der Waals surface area (Å²) in [7, 11) is 0. The van der Waals surface area contributed by atoms with Crippen LogP contribution in [0.4, 0.5) is 0 Å². The molecule has 1 fully saturated rings. The van der Waals surface area contributed by atoms with Crippen LogP contribution in [0.2, 0.25) is 0 Å². The molecule has 102 valence electrons. The van der Waals surface area contributed by atoms with Gasteiger partial charge in [0.25, 0.3) is 0 Å². The number of benzene rings is 1. The highest BCUT2D eigenvalue weighted by atomic mass is 16.5. The minimum absolute atomic E-state index is 0.318. The third-order valence-corrected chi connectivity index (χ3v) is 3.19. The first-order valence-corrected chi connectivity index (χ1v) is 6.83. The summed E-state index contributed by atoms with van der Waals surface area (Å²) in [6.45, 7) is 7.65. The van der Waals surface area contributed by atoms with Gasteiger partial charge >= 0.3 is 0 Å². The van der Waals surface area contributed by atoms with Crippen molar-refractivity contribution in [1.29, 1.82) is 0 Å². The van der Waals surface area contributed by atoms with Crippen molar-refractivity contribution in [3.63, 3.8) is 0 Å². The lowest BCUT2D eigenvalue weighted by Crippen LogP contribution is -2.44. The predicted molar refractivity (Wildman–Crippen MR) is 77.7 cm³/mol. The van der Waals surface area contributed by atoms with Crippen LogP contribution in [0.25, 0.3) is 0 Å². The van der Waals surface area contributed by atoms with E-state index in [0.29, 0.717) is 18.8 Å². The third-order valence-electron chi connectivity index (χ3n) is 3.19. The van der Waals surface area contributed by atoms with E-state index in [4.69, 9.17) is 10.5 Å². The molecule has 1 aromatic carbocycles. The van der Waals surface area contributed by atoms with Crippen LogP contribution in [0.1, 0.15) is 25.0 Å². The first-order chi connectivity index (χ1) is 9.17. The van der Waals surface area contributed by atoms with Gasteiger partial charge < -0.3 is 10.5 Å². The molecule has 0 unspecified atom stereocenters. The smallest absolute Gasteiger partial charge is 0.0678 e. The Morgan fingerprint density at radius 3 is 2.42 bits per heavy atom. The molecule has 3 heteroatoms. The molecule has 19 heavy (non-hydrogen) atoms. The number of rotatable bonds is 2. The predicted octanol–water partition coefficient (Wildman–Crippen LogP) is 1.61. The molecule has 1 aliphatic heterocycles. The normalized spacial score (nSPS) is 23.7. The van der Waals surface area contributed by atoms with E-state index in [1.807, 2.05) is 0 Å². The van der Waals surface area contributed by atoms with E-state index in [1.165, 1.54) is 5.56 Å². The molecule has 1 heterocycles. The minimum Gasteiger partial charge on any atom is -0.373 e. The quantitative estimate of drug-likeness (QED) is 0.819. The van der Waals surface area contributed by atoms with Crippen LogP contribution in [0, 0.1) is 11.8 Å². The van der Waals surface area contributed by atoms with Gasteiger partial charge in [-0.3, -0.25) is 4.90 Å². The Morgan fingerprint density at radius 1 is 1.21 bits per heavy atom. The first kappa shape index (κ1) is 14.1. The van der Waals surface area contributed by atoms with Gasteiger partial charge in [0, 0.05) is 25.2 Å². The van der Waals surface area contributed by atoms with Crippen molar-refractivity contribution < 1.29 is 4.74 Å². The van der Waals surface area contributed by atoms with Gasteiger partial charge in [0.15, 0.2) is 0 Å². The minimum atomic E-state index is 0.318. The Kier molecular flexibility index (Phi) is 4.98. The van der Waals surface area contributed by atoms with E-state index in [9.17, 15) is 0 Å². The fourth-order valence-electron chi connectivity index (χ4n) is 2.52. The van der Waals surface area contributed by atoms with Crippen LogP contribution < -0.4 is 5.73 Å². The van der Waals surface area contributed by atoms with E-state index in [0.717, 1.165) is 25.2 Å². The summed E-state index contributed by atoms with van der Waals surface area (Å²) in [4.78, 5) is 2.44. The summed E-state index contributed by atoms with van der Waals surface area (Å²) in [5, 5.41) is 0. The molecule has 1 saturated heterocycles. The second-order valence-corrected chi connectivity index (χ2v) is 5.15. The zero-order valence-electron chi connectivity index (χ0n) is 11.7. The summed E-state index contributed by atoms with van der Waals surface area (Å²) in [6, 6.07) is 8.41. The molecule has 0 saturated carbocycles. The van der Waals surface area contributed by atoms with Crippen LogP contribution in [0.15, 0.2) is 24.3 Å². The molecule has 2 rings (SSSR count). The highest BCUT2D eigenvalue weighted by Crippen LogP contribution is 2.14. The van der Waals surface area contributed by atoms with E-state index < -0.39 is 0 Å². The van der Waals surface area contributed by atoms with E-state index >= 15 is 0 Å². The molecular weight excluding hydrogens is 236 g/mol. The summed E-state index contributed by atoms with van der Waals surface area (Å²) in [5.74, 6) is 5.91. The van der Waals surface area contributed by atoms with Crippen LogP contribution in [0.5, 0.6) is 0 Å². The Bertz CT molecular complexity index is 448. The molecular formula is C16H22N2O. The summed E-state index contributed by atoms with van der Waals surface area (Å²) < 4.78 is 5.75. The average molecular weight is 258 g/mol. The Hall–Kier alpha value is -1.34. The van der Waals surface area contributed by atoms with Gasteiger partial charge in [-0.2, -0.15) is 0 Å². The maximum atomic E-state index is 5.75. The van der Waals surface area contributed by atoms with Gasteiger partial charge in [0.05, 0.1) is 18.8 Å². The van der Waals surface area contributed by atoms with Crippen LogP contribution in [0.3, 0.4) is 0 Å². The number of ether oxygens (including phenoxy) is 1. The zero-order chi connectivity index (χ0) is 13.7. The summed E-state index contributed by atoms with van der Waals surface area (Å²) in [5.41, 5.74) is 7.71. The second kappa shape index (κ2) is 6.72. The summed E-state index contributed by atoms with van der Waals surface area (Å²) >= 11 is 0. The molecule has 1 aliphatic rings. The molecule has 2 atom stereocenters. The number of morpholine rings is 1. The van der Waals surface area contributed by atoms with Crippen molar-refractivity contribution in [2.45, 2.75) is 32.6 Å². The Balaban J connectivity index is 1.95. The van der Waals surface area contributed by atoms with Crippen molar-refractivity contribution in [3.05, 3.63) is 35.4 Å². The first-order valence-electron chi connectivity index (χ1n) is 6.83. The molecule has 1 aromatic rings. The standard InChI is InChI=1S/C16H22N2O/c1-13-10-18(11-14(2)19-13)12-16-7-5-15(6-8-16)4-3-9-17/h5-8,13-14H,9-12,17H2,1-2H3/t13-,14+. The topological polar surface area (TPSA) is 38.5 Å². The number of hydrogen-bond acceptors (Lipinski definition) is 3. The third kappa shape index (κ3) is 4.36. The van der Waals surface area contributed by atoms with E-state index in [2.05, 4.69) is 54.9 Å². The maximum Gasteiger partial charge on any atom is 0.0678 e. The molecule has 0 aromatic heterocycles. The van der Waals surface area contributed by atoms with Gasteiger partial charge in [0.1, 0.15) is 0 Å². The van der Waals surface area contributed by atoms with E-state index in [1.54, 1.807) is 0 Å². The molecule has 0 radical (unpaired) electrons. The van der Waals surface area contributed by atoms with Crippen molar-refractivity contribution in [1.82, 2.24) is 4.90 Å². The fraction of sp³-hybridized carbons (Fsp3) is 0.500. The second-order valence-electron chi connectivity index (χ2n) is 5.15. The van der Waals surface area contributed by atoms with Crippen LogP contribution in [-0.2, 0) is 11.3 Å². The maximum absolute atomic E-state index is 5.75. The molecule has 0 aliphatic carbocycles. The Labute approximate surface area is 115 Å². The number of hydrogen-bond donors (Lipinski definition) is 1. The van der Waals surface area contributed by atoms with Gasteiger partial charge in [0.2, 0.25) is 0 Å². The van der Waals surface area contributed by atoms with Crippen molar-refractivity contribution in [2.75, 3.05) is 19.6 Å². The van der Waals surface area contributed by atoms with Crippen LogP contribution in [-0.4, -0.2) is 36.7 Å². The Morgan fingerprint density at radius 2 is 1.84 bits per heavy atom. The molecule has 0 amide bonds. The van der Waals surface area contributed by atoms with E-state index in [-0.39, 0.29) is 0 Å². The largest absolute Gasteiger partial charge is 0.373 e.